The summed E-state index contributed by atoms with van der Waals surface area (Å²) in [6, 6.07) is 0.218. The third kappa shape index (κ3) is 3.59. The number of nitrogens with zero attached hydrogens (tertiary/aromatic N) is 1. The van der Waals surface area contributed by atoms with Gasteiger partial charge in [0.25, 0.3) is 0 Å². The molecule has 5 heteroatoms. The van der Waals surface area contributed by atoms with Crippen LogP contribution in [0.4, 0.5) is 0 Å². The predicted molar refractivity (Wildman–Crippen MR) is 73.8 cm³/mol. The number of nitrogens with two attached hydrogens (primary N) is 1. The molecule has 3 unspecified atom stereocenters. The molecule has 1 saturated heterocycles. The lowest BCUT2D eigenvalue weighted by atomic mass is 10.0. The van der Waals surface area contributed by atoms with Crippen molar-refractivity contribution in [1.82, 2.24) is 4.90 Å². The second-order valence-corrected chi connectivity index (χ2v) is 6.18. The van der Waals surface area contributed by atoms with E-state index in [0.29, 0.717) is 13.1 Å². The van der Waals surface area contributed by atoms with Crippen molar-refractivity contribution in [3.63, 3.8) is 0 Å². The van der Waals surface area contributed by atoms with Crippen molar-refractivity contribution in [3.8, 4) is 0 Å². The van der Waals surface area contributed by atoms with E-state index in [2.05, 4.69) is 0 Å². The Kier molecular flexibility index (Phi) is 5.04. The fraction of sp³-hybridized carbons (Fsp3) is 0.923. The molecule has 1 saturated carbocycles. The summed E-state index contributed by atoms with van der Waals surface area (Å²) < 4.78 is 5.82. The molecule has 1 aliphatic carbocycles. The maximum atomic E-state index is 12.4. The molecule has 0 bridgehead atoms. The zero-order valence-corrected chi connectivity index (χ0v) is 12.3. The van der Waals surface area contributed by atoms with E-state index in [1.165, 1.54) is 0 Å². The highest BCUT2D eigenvalue weighted by Crippen LogP contribution is 2.29. The Bertz CT molecular complexity index is 309. The highest BCUT2D eigenvalue weighted by molar-refractivity contribution is 5.85. The van der Waals surface area contributed by atoms with Crippen LogP contribution in [0.15, 0.2) is 0 Å². The van der Waals surface area contributed by atoms with Crippen LogP contribution in [0.3, 0.4) is 0 Å². The molecule has 0 aromatic rings. The Labute approximate surface area is 116 Å². The lowest BCUT2D eigenvalue weighted by Crippen LogP contribution is -2.55. The van der Waals surface area contributed by atoms with E-state index in [-0.39, 0.29) is 42.0 Å². The number of morpholine rings is 1. The van der Waals surface area contributed by atoms with Crippen molar-refractivity contribution < 1.29 is 9.53 Å². The molecule has 2 rings (SSSR count). The van der Waals surface area contributed by atoms with Crippen molar-refractivity contribution in [2.75, 3.05) is 13.1 Å². The van der Waals surface area contributed by atoms with Crippen LogP contribution >= 0.6 is 12.4 Å². The monoisotopic (exact) mass is 276 g/mol. The largest absolute Gasteiger partial charge is 0.369 e. The fourth-order valence-electron chi connectivity index (χ4n) is 3.12. The van der Waals surface area contributed by atoms with Crippen LogP contribution in [0.1, 0.15) is 40.0 Å². The molecule has 0 spiro atoms. The van der Waals surface area contributed by atoms with Crippen LogP contribution in [0.25, 0.3) is 0 Å². The molecule has 106 valence electrons. The third-order valence-electron chi connectivity index (χ3n) is 3.70. The van der Waals surface area contributed by atoms with Gasteiger partial charge < -0.3 is 15.4 Å². The van der Waals surface area contributed by atoms with E-state index in [4.69, 9.17) is 10.5 Å². The minimum absolute atomic E-state index is 0. The molecule has 0 radical (unpaired) electrons. The number of amides is 1. The Morgan fingerprint density at radius 3 is 2.56 bits per heavy atom. The molecule has 4 nitrogen and oxygen atoms in total. The van der Waals surface area contributed by atoms with Gasteiger partial charge in [0.15, 0.2) is 0 Å². The molecular weight excluding hydrogens is 252 g/mol. The molecule has 1 aliphatic heterocycles. The Balaban J connectivity index is 0.00000162. The number of hydrogen-bond acceptors (Lipinski definition) is 3. The highest BCUT2D eigenvalue weighted by Gasteiger charge is 2.37. The number of carbonyl (C=O) groups is 1. The summed E-state index contributed by atoms with van der Waals surface area (Å²) in [6.45, 7) is 7.53. The standard InChI is InChI=1S/C13H24N2O2.ClH/c1-9-7-15(8-13(2,3)17-9)12(16)10-4-5-11(14)6-10;/h9-11H,4-8,14H2,1-3H3;1H. The lowest BCUT2D eigenvalue weighted by Gasteiger charge is -2.42. The first-order valence-electron chi connectivity index (χ1n) is 6.59. The van der Waals surface area contributed by atoms with E-state index in [0.717, 1.165) is 19.3 Å². The van der Waals surface area contributed by atoms with Crippen molar-refractivity contribution in [2.24, 2.45) is 11.7 Å². The Hall–Kier alpha value is -0.320. The molecule has 2 aliphatic rings. The van der Waals surface area contributed by atoms with Gasteiger partial charge in [-0.1, -0.05) is 0 Å². The number of rotatable bonds is 1. The smallest absolute Gasteiger partial charge is 0.225 e. The molecule has 2 N–H and O–H groups in total. The predicted octanol–water partition coefficient (Wildman–Crippen LogP) is 1.56. The van der Waals surface area contributed by atoms with E-state index in [1.807, 2.05) is 25.7 Å². The van der Waals surface area contributed by atoms with E-state index in [1.54, 1.807) is 0 Å². The number of ether oxygens (including phenoxy) is 1. The van der Waals surface area contributed by atoms with Gasteiger partial charge in [-0.3, -0.25) is 4.79 Å². The summed E-state index contributed by atoms with van der Waals surface area (Å²) in [7, 11) is 0. The van der Waals surface area contributed by atoms with Gasteiger partial charge in [0, 0.05) is 25.0 Å². The van der Waals surface area contributed by atoms with E-state index < -0.39 is 0 Å². The summed E-state index contributed by atoms with van der Waals surface area (Å²) in [4.78, 5) is 14.4. The maximum absolute atomic E-state index is 12.4. The van der Waals surface area contributed by atoms with Gasteiger partial charge in [0.1, 0.15) is 0 Å². The molecule has 2 fully saturated rings. The van der Waals surface area contributed by atoms with Crippen LogP contribution in [0.5, 0.6) is 0 Å². The van der Waals surface area contributed by atoms with Crippen LogP contribution in [-0.4, -0.2) is 41.6 Å². The average Bonchev–Trinajstić information content (AvgIpc) is 2.60. The molecule has 18 heavy (non-hydrogen) atoms. The van der Waals surface area contributed by atoms with Gasteiger partial charge in [0.05, 0.1) is 11.7 Å². The summed E-state index contributed by atoms with van der Waals surface area (Å²) in [5.74, 6) is 0.423. The van der Waals surface area contributed by atoms with Gasteiger partial charge >= 0.3 is 0 Å². The molecule has 0 aromatic heterocycles. The van der Waals surface area contributed by atoms with Crippen molar-refractivity contribution in [3.05, 3.63) is 0 Å². The van der Waals surface area contributed by atoms with E-state index in [9.17, 15) is 4.79 Å². The van der Waals surface area contributed by atoms with Gasteiger partial charge in [-0.05, 0) is 40.0 Å². The van der Waals surface area contributed by atoms with Crippen molar-refractivity contribution in [1.29, 1.82) is 0 Å². The van der Waals surface area contributed by atoms with Gasteiger partial charge in [-0.15, -0.1) is 12.4 Å². The second-order valence-electron chi connectivity index (χ2n) is 6.18. The average molecular weight is 277 g/mol. The SMILES string of the molecule is CC1CN(C(=O)C2CCC(N)C2)CC(C)(C)O1.Cl. The normalized spacial score (nSPS) is 35.1. The zero-order chi connectivity index (χ0) is 12.6. The number of hydrogen-bond donors (Lipinski definition) is 1. The zero-order valence-electron chi connectivity index (χ0n) is 11.5. The summed E-state index contributed by atoms with van der Waals surface area (Å²) in [6.07, 6.45) is 2.91. The van der Waals surface area contributed by atoms with Crippen molar-refractivity contribution >= 4 is 18.3 Å². The first-order valence-corrected chi connectivity index (χ1v) is 6.59. The number of halogens is 1. The van der Waals surface area contributed by atoms with Gasteiger partial charge in [-0.25, -0.2) is 0 Å². The van der Waals surface area contributed by atoms with Gasteiger partial charge in [0.2, 0.25) is 5.91 Å². The molecule has 3 atom stereocenters. The van der Waals surface area contributed by atoms with Crippen LogP contribution in [0.2, 0.25) is 0 Å². The van der Waals surface area contributed by atoms with Crippen LogP contribution < -0.4 is 5.73 Å². The molecular formula is C13H25ClN2O2. The number of carbonyl (C=O) groups excluding carboxylic acids is 1. The van der Waals surface area contributed by atoms with Crippen LogP contribution in [-0.2, 0) is 9.53 Å². The second kappa shape index (κ2) is 5.76. The highest BCUT2D eigenvalue weighted by atomic mass is 35.5. The summed E-state index contributed by atoms with van der Waals surface area (Å²) in [5.41, 5.74) is 5.65. The van der Waals surface area contributed by atoms with E-state index >= 15 is 0 Å². The Morgan fingerprint density at radius 2 is 2.06 bits per heavy atom. The minimum atomic E-state index is -0.228. The molecule has 1 heterocycles. The topological polar surface area (TPSA) is 55.6 Å². The fourth-order valence-corrected chi connectivity index (χ4v) is 3.12. The van der Waals surface area contributed by atoms with Crippen LogP contribution in [0, 0.1) is 5.92 Å². The summed E-state index contributed by atoms with van der Waals surface area (Å²) in [5, 5.41) is 0. The maximum Gasteiger partial charge on any atom is 0.225 e. The Morgan fingerprint density at radius 1 is 1.39 bits per heavy atom. The first kappa shape index (κ1) is 15.7. The lowest BCUT2D eigenvalue weighted by molar-refractivity contribution is -0.161. The van der Waals surface area contributed by atoms with Crippen molar-refractivity contribution in [2.45, 2.75) is 57.8 Å². The summed E-state index contributed by atoms with van der Waals surface area (Å²) >= 11 is 0. The first-order chi connectivity index (χ1) is 7.87. The molecule has 0 aromatic carbocycles. The minimum Gasteiger partial charge on any atom is -0.369 e. The third-order valence-corrected chi connectivity index (χ3v) is 3.70. The quantitative estimate of drug-likeness (QED) is 0.791. The van der Waals surface area contributed by atoms with Gasteiger partial charge in [-0.2, -0.15) is 0 Å². The molecule has 1 amide bonds.